The zero-order valence-electron chi connectivity index (χ0n) is 18.9. The van der Waals surface area contributed by atoms with Crippen molar-refractivity contribution in [3.8, 4) is 11.3 Å². The summed E-state index contributed by atoms with van der Waals surface area (Å²) in [5.74, 6) is 0. The number of hydrazone groups is 1. The van der Waals surface area contributed by atoms with Crippen LogP contribution in [0.3, 0.4) is 0 Å². The van der Waals surface area contributed by atoms with E-state index in [0.717, 1.165) is 48.2 Å². The van der Waals surface area contributed by atoms with Gasteiger partial charge in [-0.1, -0.05) is 37.1 Å². The van der Waals surface area contributed by atoms with Gasteiger partial charge in [-0.3, -0.25) is 5.43 Å². The fourth-order valence-corrected chi connectivity index (χ4v) is 5.89. The Morgan fingerprint density at radius 1 is 1.00 bits per heavy atom. The molecule has 0 radical (unpaired) electrons. The molecule has 0 bridgehead atoms. The van der Waals surface area contributed by atoms with E-state index in [2.05, 4.69) is 15.5 Å². The number of hydrogen-bond donors (Lipinski definition) is 1. The van der Waals surface area contributed by atoms with E-state index in [-0.39, 0.29) is 0 Å². The second-order valence-corrected chi connectivity index (χ2v) is 11.0. The van der Waals surface area contributed by atoms with Gasteiger partial charge in [-0.2, -0.15) is 9.41 Å². The van der Waals surface area contributed by atoms with Crippen LogP contribution in [-0.4, -0.2) is 51.1 Å². The third kappa shape index (κ3) is 5.79. The molecule has 0 spiro atoms. The number of thiazole rings is 1. The van der Waals surface area contributed by atoms with Crippen LogP contribution in [0.15, 0.2) is 63.9 Å². The maximum Gasteiger partial charge on any atom is 0.243 e. The number of hydrogen-bond acceptors (Lipinski definition) is 7. The molecule has 9 heteroatoms. The Morgan fingerprint density at radius 2 is 1.67 bits per heavy atom. The summed E-state index contributed by atoms with van der Waals surface area (Å²) in [5.41, 5.74) is 6.75. The molecule has 1 N–H and O–H groups in total. The molecule has 174 valence electrons. The SMILES string of the molecule is CN(C)c1ccc(C=NNc2nc(-c3ccc(S(=O)(=O)N4CCCCCC4)cc3)cs2)cc1. The number of aromatic nitrogens is 1. The summed E-state index contributed by atoms with van der Waals surface area (Å²) in [6.07, 6.45) is 5.80. The largest absolute Gasteiger partial charge is 0.378 e. The minimum Gasteiger partial charge on any atom is -0.378 e. The van der Waals surface area contributed by atoms with E-state index in [1.54, 1.807) is 22.7 Å². The number of anilines is 2. The lowest BCUT2D eigenvalue weighted by Gasteiger charge is -2.19. The summed E-state index contributed by atoms with van der Waals surface area (Å²) in [5, 5.41) is 6.88. The smallest absolute Gasteiger partial charge is 0.243 e. The van der Waals surface area contributed by atoms with Gasteiger partial charge in [0.25, 0.3) is 0 Å². The maximum absolute atomic E-state index is 13.0. The van der Waals surface area contributed by atoms with Crippen molar-refractivity contribution >= 4 is 38.4 Å². The summed E-state index contributed by atoms with van der Waals surface area (Å²) in [6.45, 7) is 1.21. The highest BCUT2D eigenvalue weighted by Crippen LogP contribution is 2.27. The standard InChI is InChI=1S/C24H29N5O2S2/c1-28(2)21-11-7-19(8-12-21)17-25-27-24-26-23(18-32-24)20-9-13-22(14-10-20)33(30,31)29-15-5-3-4-6-16-29/h7-14,17-18H,3-6,15-16H2,1-2H3,(H,26,27). The Bertz CT molecular complexity index is 1180. The van der Waals surface area contributed by atoms with E-state index >= 15 is 0 Å². The Kier molecular flexibility index (Phi) is 7.42. The Hall–Kier alpha value is -2.75. The highest BCUT2D eigenvalue weighted by Gasteiger charge is 2.25. The van der Waals surface area contributed by atoms with Crippen molar-refractivity contribution in [1.29, 1.82) is 0 Å². The fraction of sp³-hybridized carbons (Fsp3) is 0.333. The first-order valence-corrected chi connectivity index (χ1v) is 13.4. The van der Waals surface area contributed by atoms with Crippen LogP contribution in [0.1, 0.15) is 31.2 Å². The minimum atomic E-state index is -3.44. The van der Waals surface area contributed by atoms with Crippen LogP contribution in [0.2, 0.25) is 0 Å². The Balaban J connectivity index is 1.40. The summed E-state index contributed by atoms with van der Waals surface area (Å²) in [4.78, 5) is 6.96. The van der Waals surface area contributed by atoms with Crippen LogP contribution < -0.4 is 10.3 Å². The molecular formula is C24H29N5O2S2. The second-order valence-electron chi connectivity index (χ2n) is 8.24. The van der Waals surface area contributed by atoms with Gasteiger partial charge in [-0.05, 0) is 42.7 Å². The molecule has 0 saturated carbocycles. The zero-order chi connectivity index (χ0) is 23.3. The van der Waals surface area contributed by atoms with Gasteiger partial charge in [0.05, 0.1) is 16.8 Å². The van der Waals surface area contributed by atoms with Crippen LogP contribution in [0.5, 0.6) is 0 Å². The van der Waals surface area contributed by atoms with Crippen molar-refractivity contribution in [1.82, 2.24) is 9.29 Å². The molecule has 0 amide bonds. The molecule has 1 aromatic heterocycles. The van der Waals surface area contributed by atoms with E-state index < -0.39 is 10.0 Å². The molecule has 33 heavy (non-hydrogen) atoms. The second kappa shape index (κ2) is 10.5. The number of sulfonamides is 1. The Labute approximate surface area is 199 Å². The van der Waals surface area contributed by atoms with Gasteiger partial charge in [0, 0.05) is 43.8 Å². The molecule has 1 saturated heterocycles. The van der Waals surface area contributed by atoms with Gasteiger partial charge < -0.3 is 4.90 Å². The van der Waals surface area contributed by atoms with Gasteiger partial charge in [-0.15, -0.1) is 11.3 Å². The molecule has 1 aliphatic rings. The molecule has 0 atom stereocenters. The maximum atomic E-state index is 13.0. The molecule has 7 nitrogen and oxygen atoms in total. The van der Waals surface area contributed by atoms with Gasteiger partial charge in [-0.25, -0.2) is 13.4 Å². The highest BCUT2D eigenvalue weighted by molar-refractivity contribution is 7.89. The highest BCUT2D eigenvalue weighted by atomic mass is 32.2. The van der Waals surface area contributed by atoms with Crippen LogP contribution in [0.4, 0.5) is 10.8 Å². The van der Waals surface area contributed by atoms with E-state index in [1.807, 2.05) is 60.8 Å². The number of rotatable bonds is 7. The van der Waals surface area contributed by atoms with Crippen molar-refractivity contribution in [2.75, 3.05) is 37.5 Å². The molecule has 4 rings (SSSR count). The predicted octanol–water partition coefficient (Wildman–Crippen LogP) is 4.89. The number of benzene rings is 2. The van der Waals surface area contributed by atoms with Crippen molar-refractivity contribution in [2.24, 2.45) is 5.10 Å². The fourth-order valence-electron chi connectivity index (χ4n) is 3.71. The zero-order valence-corrected chi connectivity index (χ0v) is 20.6. The van der Waals surface area contributed by atoms with Gasteiger partial charge in [0.1, 0.15) is 0 Å². The van der Waals surface area contributed by atoms with Gasteiger partial charge in [0.2, 0.25) is 15.2 Å². The lowest BCUT2D eigenvalue weighted by atomic mass is 10.2. The average molecular weight is 484 g/mol. The summed E-state index contributed by atoms with van der Waals surface area (Å²) in [7, 11) is 0.570. The molecule has 2 heterocycles. The van der Waals surface area contributed by atoms with Crippen molar-refractivity contribution in [3.05, 3.63) is 59.5 Å². The topological polar surface area (TPSA) is 77.9 Å². The Morgan fingerprint density at radius 3 is 2.30 bits per heavy atom. The van der Waals surface area contributed by atoms with Gasteiger partial charge in [0.15, 0.2) is 0 Å². The van der Waals surface area contributed by atoms with E-state index in [1.165, 1.54) is 11.3 Å². The first-order chi connectivity index (χ1) is 15.9. The quantitative estimate of drug-likeness (QED) is 0.383. The van der Waals surface area contributed by atoms with Crippen molar-refractivity contribution in [2.45, 2.75) is 30.6 Å². The molecule has 2 aromatic carbocycles. The van der Waals surface area contributed by atoms with Crippen LogP contribution >= 0.6 is 11.3 Å². The molecule has 0 unspecified atom stereocenters. The third-order valence-corrected chi connectivity index (χ3v) is 8.30. The van der Waals surface area contributed by atoms with Crippen LogP contribution in [0.25, 0.3) is 11.3 Å². The first kappa shape index (κ1) is 23.4. The van der Waals surface area contributed by atoms with Crippen LogP contribution in [-0.2, 0) is 10.0 Å². The van der Waals surface area contributed by atoms with Crippen molar-refractivity contribution < 1.29 is 8.42 Å². The molecular weight excluding hydrogens is 454 g/mol. The van der Waals surface area contributed by atoms with Gasteiger partial charge >= 0.3 is 0 Å². The number of nitrogens with one attached hydrogen (secondary N) is 1. The normalized spacial score (nSPS) is 15.5. The molecule has 0 aliphatic carbocycles. The van der Waals surface area contributed by atoms with E-state index in [9.17, 15) is 8.42 Å². The van der Waals surface area contributed by atoms with Crippen LogP contribution in [0, 0.1) is 0 Å². The van der Waals surface area contributed by atoms with E-state index in [0.29, 0.717) is 23.1 Å². The van der Waals surface area contributed by atoms with Crippen molar-refractivity contribution in [3.63, 3.8) is 0 Å². The first-order valence-electron chi connectivity index (χ1n) is 11.1. The predicted molar refractivity (Wildman–Crippen MR) is 137 cm³/mol. The average Bonchev–Trinajstić information content (AvgIpc) is 3.11. The van der Waals surface area contributed by atoms with E-state index in [4.69, 9.17) is 0 Å². The molecule has 1 fully saturated rings. The minimum absolute atomic E-state index is 0.339. The third-order valence-electron chi connectivity index (χ3n) is 5.64. The number of nitrogens with zero attached hydrogens (tertiary/aromatic N) is 4. The lowest BCUT2D eigenvalue weighted by Crippen LogP contribution is -2.31. The summed E-state index contributed by atoms with van der Waals surface area (Å²) >= 11 is 1.45. The lowest BCUT2D eigenvalue weighted by molar-refractivity contribution is 0.424. The summed E-state index contributed by atoms with van der Waals surface area (Å²) < 4.78 is 27.5. The monoisotopic (exact) mass is 483 g/mol. The molecule has 1 aliphatic heterocycles. The molecule has 3 aromatic rings. The summed E-state index contributed by atoms with van der Waals surface area (Å²) in [6, 6.07) is 15.1.